The van der Waals surface area contributed by atoms with Crippen LogP contribution in [-0.2, 0) is 17.8 Å². The summed E-state index contributed by atoms with van der Waals surface area (Å²) >= 11 is 3.05. The Hall–Kier alpha value is -3.17. The fourth-order valence-corrected chi connectivity index (χ4v) is 6.41. The Kier molecular flexibility index (Phi) is 5.58. The lowest BCUT2D eigenvalue weighted by Crippen LogP contribution is -2.39. The van der Waals surface area contributed by atoms with E-state index in [4.69, 9.17) is 9.72 Å². The highest BCUT2D eigenvalue weighted by atomic mass is 32.2. The van der Waals surface area contributed by atoms with Crippen LogP contribution >= 0.6 is 23.1 Å². The second-order valence-electron chi connectivity index (χ2n) is 8.42. The third-order valence-electron chi connectivity index (χ3n) is 6.16. The highest BCUT2D eigenvalue weighted by Crippen LogP contribution is 2.37. The molecule has 0 saturated carbocycles. The van der Waals surface area contributed by atoms with Gasteiger partial charge in [0.1, 0.15) is 28.4 Å². The number of thioether (sulfide) groups is 1. The number of fused-ring (bicyclic) bond motifs is 3. The largest absolute Gasteiger partial charge is 0.490 e. The topological polar surface area (TPSA) is 71.5 Å². The Labute approximate surface area is 205 Å². The Morgan fingerprint density at radius 2 is 2.03 bits per heavy atom. The van der Waals surface area contributed by atoms with Crippen molar-refractivity contribution in [2.45, 2.75) is 24.9 Å². The van der Waals surface area contributed by atoms with Crippen LogP contribution < -0.4 is 14.5 Å². The van der Waals surface area contributed by atoms with Crippen LogP contribution in [0.4, 0.5) is 10.8 Å². The zero-order valence-electron chi connectivity index (χ0n) is 18.7. The number of thiazole rings is 1. The molecule has 0 saturated heterocycles. The molecule has 2 aliphatic rings. The fraction of sp³-hybridized carbons (Fsp3) is 0.280. The van der Waals surface area contributed by atoms with Gasteiger partial charge in [-0.25, -0.2) is 9.97 Å². The van der Waals surface area contributed by atoms with Gasteiger partial charge in [0.15, 0.2) is 10.8 Å². The van der Waals surface area contributed by atoms with E-state index in [0.717, 1.165) is 51.4 Å². The molecular formula is C25H23N5O2S2. The van der Waals surface area contributed by atoms with Gasteiger partial charge in [-0.1, -0.05) is 53.4 Å². The number of amides is 1. The van der Waals surface area contributed by atoms with E-state index in [2.05, 4.69) is 39.1 Å². The van der Waals surface area contributed by atoms with Gasteiger partial charge in [0.05, 0.1) is 18.0 Å². The van der Waals surface area contributed by atoms with Crippen molar-refractivity contribution in [3.63, 3.8) is 0 Å². The van der Waals surface area contributed by atoms with Crippen LogP contribution in [0.15, 0.2) is 53.8 Å². The molecule has 0 spiro atoms. The summed E-state index contributed by atoms with van der Waals surface area (Å²) < 4.78 is 6.67. The molecule has 2 aromatic heterocycles. The average Bonchev–Trinajstić information content (AvgIpc) is 3.31. The molecule has 2 aliphatic heterocycles. The molecule has 0 aliphatic carbocycles. The van der Waals surface area contributed by atoms with Gasteiger partial charge in [0.2, 0.25) is 5.91 Å². The number of aromatic nitrogens is 3. The SMILES string of the molecule is Cc1ccc2c(c1)N(C(=O)CSc1ncnc3nc(N4CCc5ccccc5C4)sc13)CCO2. The van der Waals surface area contributed by atoms with Crippen LogP contribution in [0, 0.1) is 6.92 Å². The normalized spacial score (nSPS) is 15.1. The first-order chi connectivity index (χ1) is 16.7. The number of hydrogen-bond donors (Lipinski definition) is 0. The molecule has 0 atom stereocenters. The number of carbonyl (C=O) groups is 1. The van der Waals surface area contributed by atoms with Crippen LogP contribution in [0.1, 0.15) is 16.7 Å². The standard InChI is InChI=1S/C25H23N5O2S2/c1-16-6-7-20-19(12-16)30(10-11-32-20)21(31)14-33-24-22-23(26-15-27-24)28-25(34-22)29-9-8-17-4-2-3-5-18(17)13-29/h2-7,12,15H,8-11,13-14H2,1H3. The minimum atomic E-state index is 0.0456. The zero-order valence-corrected chi connectivity index (χ0v) is 20.4. The summed E-state index contributed by atoms with van der Waals surface area (Å²) in [6, 6.07) is 14.5. The van der Waals surface area contributed by atoms with Gasteiger partial charge in [-0.3, -0.25) is 4.79 Å². The van der Waals surface area contributed by atoms with Crippen LogP contribution in [0.5, 0.6) is 5.75 Å². The van der Waals surface area contributed by atoms with E-state index in [0.29, 0.717) is 24.6 Å². The molecule has 6 rings (SSSR count). The van der Waals surface area contributed by atoms with Crippen LogP contribution in [0.25, 0.3) is 10.3 Å². The van der Waals surface area contributed by atoms with Crippen molar-refractivity contribution in [1.29, 1.82) is 0 Å². The first-order valence-corrected chi connectivity index (χ1v) is 13.1. The summed E-state index contributed by atoms with van der Waals surface area (Å²) in [7, 11) is 0. The maximum Gasteiger partial charge on any atom is 0.237 e. The van der Waals surface area contributed by atoms with Crippen molar-refractivity contribution < 1.29 is 9.53 Å². The first-order valence-electron chi connectivity index (χ1n) is 11.3. The number of ether oxygens (including phenoxy) is 1. The lowest BCUT2D eigenvalue weighted by molar-refractivity contribution is -0.116. The molecule has 0 N–H and O–H groups in total. The third-order valence-corrected chi connectivity index (χ3v) is 8.38. The van der Waals surface area contributed by atoms with E-state index in [9.17, 15) is 4.79 Å². The number of carbonyl (C=O) groups excluding carboxylic acids is 1. The summed E-state index contributed by atoms with van der Waals surface area (Å²) in [6.45, 7) is 4.85. The molecule has 9 heteroatoms. The van der Waals surface area contributed by atoms with Crippen molar-refractivity contribution in [2.75, 3.05) is 35.2 Å². The predicted molar refractivity (Wildman–Crippen MR) is 136 cm³/mol. The summed E-state index contributed by atoms with van der Waals surface area (Å²) in [5.74, 6) is 1.10. The van der Waals surface area contributed by atoms with Gasteiger partial charge in [-0.15, -0.1) is 0 Å². The van der Waals surface area contributed by atoms with Crippen LogP contribution in [0.3, 0.4) is 0 Å². The smallest absolute Gasteiger partial charge is 0.237 e. The second-order valence-corrected chi connectivity index (χ2v) is 10.4. The molecular weight excluding hydrogens is 466 g/mol. The maximum absolute atomic E-state index is 13.1. The molecule has 34 heavy (non-hydrogen) atoms. The summed E-state index contributed by atoms with van der Waals surface area (Å²) in [5, 5.41) is 1.76. The lowest BCUT2D eigenvalue weighted by Gasteiger charge is -2.29. The number of benzene rings is 2. The van der Waals surface area contributed by atoms with Crippen molar-refractivity contribution in [2.24, 2.45) is 0 Å². The molecule has 172 valence electrons. The van der Waals surface area contributed by atoms with E-state index in [-0.39, 0.29) is 5.91 Å². The Balaban J connectivity index is 1.21. The average molecular weight is 490 g/mol. The minimum absolute atomic E-state index is 0.0456. The number of hydrogen-bond acceptors (Lipinski definition) is 8. The monoisotopic (exact) mass is 489 g/mol. The number of anilines is 2. The molecule has 7 nitrogen and oxygen atoms in total. The summed E-state index contributed by atoms with van der Waals surface area (Å²) in [5.41, 5.74) is 5.39. The Bertz CT molecular complexity index is 1390. The Morgan fingerprint density at radius 1 is 1.15 bits per heavy atom. The number of nitrogens with zero attached hydrogens (tertiary/aromatic N) is 5. The summed E-state index contributed by atoms with van der Waals surface area (Å²) in [6.07, 6.45) is 2.55. The van der Waals surface area contributed by atoms with E-state index >= 15 is 0 Å². The van der Waals surface area contributed by atoms with Crippen LogP contribution in [0.2, 0.25) is 0 Å². The molecule has 0 unspecified atom stereocenters. The Morgan fingerprint density at radius 3 is 2.94 bits per heavy atom. The van der Waals surface area contributed by atoms with Crippen molar-refractivity contribution >= 4 is 50.2 Å². The van der Waals surface area contributed by atoms with Crippen molar-refractivity contribution in [1.82, 2.24) is 15.0 Å². The van der Waals surface area contributed by atoms with E-state index in [1.54, 1.807) is 11.3 Å². The van der Waals surface area contributed by atoms with Crippen molar-refractivity contribution in [3.05, 3.63) is 65.5 Å². The van der Waals surface area contributed by atoms with Gasteiger partial charge in [0, 0.05) is 13.1 Å². The van der Waals surface area contributed by atoms with E-state index < -0.39 is 0 Å². The highest BCUT2D eigenvalue weighted by Gasteiger charge is 2.25. The fourth-order valence-electron chi connectivity index (χ4n) is 4.41. The summed E-state index contributed by atoms with van der Waals surface area (Å²) in [4.78, 5) is 30.9. The molecule has 2 aromatic carbocycles. The van der Waals surface area contributed by atoms with Gasteiger partial charge in [-0.05, 0) is 42.2 Å². The predicted octanol–water partition coefficient (Wildman–Crippen LogP) is 4.48. The second kappa shape index (κ2) is 8.88. The molecule has 0 bridgehead atoms. The number of aryl methyl sites for hydroxylation is 1. The first kappa shape index (κ1) is 21.4. The maximum atomic E-state index is 13.1. The van der Waals surface area contributed by atoms with E-state index in [1.165, 1.54) is 29.2 Å². The van der Waals surface area contributed by atoms with Crippen molar-refractivity contribution in [3.8, 4) is 5.75 Å². The zero-order chi connectivity index (χ0) is 23.1. The van der Waals surface area contributed by atoms with Gasteiger partial charge in [0.25, 0.3) is 0 Å². The molecule has 0 fully saturated rings. The van der Waals surface area contributed by atoms with Crippen LogP contribution in [-0.4, -0.2) is 46.3 Å². The quantitative estimate of drug-likeness (QED) is 0.309. The van der Waals surface area contributed by atoms with Gasteiger partial charge >= 0.3 is 0 Å². The minimum Gasteiger partial charge on any atom is -0.490 e. The lowest BCUT2D eigenvalue weighted by atomic mass is 10.0. The molecule has 0 radical (unpaired) electrons. The third kappa shape index (κ3) is 3.99. The molecule has 4 aromatic rings. The van der Waals surface area contributed by atoms with Gasteiger partial charge in [-0.2, -0.15) is 4.98 Å². The molecule has 1 amide bonds. The van der Waals surface area contributed by atoms with Gasteiger partial charge < -0.3 is 14.5 Å². The van der Waals surface area contributed by atoms with E-state index in [1.807, 2.05) is 30.0 Å². The molecule has 4 heterocycles. The highest BCUT2D eigenvalue weighted by molar-refractivity contribution is 8.00. The number of rotatable bonds is 4.